The highest BCUT2D eigenvalue weighted by molar-refractivity contribution is 5.76. The Hall–Kier alpha value is -1.93. The van der Waals surface area contributed by atoms with Crippen LogP contribution >= 0.6 is 0 Å². The summed E-state index contributed by atoms with van der Waals surface area (Å²) in [6.07, 6.45) is 3.23. The molecule has 0 spiro atoms. The molecule has 5 nitrogen and oxygen atoms in total. The summed E-state index contributed by atoms with van der Waals surface area (Å²) >= 11 is 0. The monoisotopic (exact) mass is 244 g/mol. The van der Waals surface area contributed by atoms with E-state index < -0.39 is 0 Å². The summed E-state index contributed by atoms with van der Waals surface area (Å²) in [5.74, 6) is -0.195. The Balaban J connectivity index is 1.96. The normalized spacial score (nSPS) is 17.3. The Kier molecular flexibility index (Phi) is 3.90. The number of amides is 1. The SMILES string of the molecule is N#Cc1ncccc1CN1CCC(C(N)=O)CC1. The Labute approximate surface area is 106 Å². The number of hydrogen-bond acceptors (Lipinski definition) is 4. The zero-order valence-corrected chi connectivity index (χ0v) is 10.2. The second-order valence-electron chi connectivity index (χ2n) is 4.58. The summed E-state index contributed by atoms with van der Waals surface area (Å²) < 4.78 is 0. The number of nitriles is 1. The van der Waals surface area contributed by atoms with Gasteiger partial charge in [0.15, 0.2) is 0 Å². The largest absolute Gasteiger partial charge is 0.369 e. The molecule has 2 N–H and O–H groups in total. The number of carbonyl (C=O) groups excluding carboxylic acids is 1. The number of hydrogen-bond donors (Lipinski definition) is 1. The molecule has 1 aliphatic heterocycles. The van der Waals surface area contributed by atoms with Gasteiger partial charge in [-0.15, -0.1) is 0 Å². The van der Waals surface area contributed by atoms with E-state index in [1.807, 2.05) is 12.1 Å². The number of likely N-dealkylation sites (tertiary alicyclic amines) is 1. The predicted octanol–water partition coefficient (Wildman–Crippen LogP) is 0.651. The standard InChI is InChI=1S/C13H16N4O/c14-8-12-11(2-1-5-16-12)9-17-6-3-10(4-7-17)13(15)18/h1-2,5,10H,3-4,6-7,9H2,(H2,15,18). The van der Waals surface area contributed by atoms with Crippen LogP contribution in [0.1, 0.15) is 24.1 Å². The quantitative estimate of drug-likeness (QED) is 0.846. The van der Waals surface area contributed by atoms with E-state index in [1.54, 1.807) is 6.20 Å². The van der Waals surface area contributed by atoms with Crippen molar-refractivity contribution in [1.29, 1.82) is 5.26 Å². The lowest BCUT2D eigenvalue weighted by molar-refractivity contribution is -0.123. The summed E-state index contributed by atoms with van der Waals surface area (Å²) in [5, 5.41) is 8.97. The van der Waals surface area contributed by atoms with Crippen LogP contribution in [0.5, 0.6) is 0 Å². The third-order valence-electron chi connectivity index (χ3n) is 3.38. The van der Waals surface area contributed by atoms with Crippen LogP contribution < -0.4 is 5.73 Å². The zero-order chi connectivity index (χ0) is 13.0. The molecular formula is C13H16N4O. The highest BCUT2D eigenvalue weighted by atomic mass is 16.1. The Morgan fingerprint density at radius 1 is 1.56 bits per heavy atom. The minimum absolute atomic E-state index is 0.00517. The highest BCUT2D eigenvalue weighted by Crippen LogP contribution is 2.19. The lowest BCUT2D eigenvalue weighted by Crippen LogP contribution is -2.38. The first-order valence-corrected chi connectivity index (χ1v) is 6.06. The second-order valence-corrected chi connectivity index (χ2v) is 4.58. The molecule has 1 saturated heterocycles. The van der Waals surface area contributed by atoms with Gasteiger partial charge in [0.2, 0.25) is 5.91 Å². The molecule has 18 heavy (non-hydrogen) atoms. The summed E-state index contributed by atoms with van der Waals surface area (Å²) in [4.78, 5) is 17.3. The van der Waals surface area contributed by atoms with Crippen molar-refractivity contribution in [3.8, 4) is 6.07 Å². The molecule has 0 atom stereocenters. The smallest absolute Gasteiger partial charge is 0.220 e. The topological polar surface area (TPSA) is 83.0 Å². The lowest BCUT2D eigenvalue weighted by atomic mass is 9.96. The Morgan fingerprint density at radius 2 is 2.28 bits per heavy atom. The molecule has 0 aliphatic carbocycles. The minimum atomic E-state index is -0.200. The highest BCUT2D eigenvalue weighted by Gasteiger charge is 2.23. The molecule has 1 aromatic heterocycles. The van der Waals surface area contributed by atoms with Gasteiger partial charge in [0.05, 0.1) is 0 Å². The fourth-order valence-electron chi connectivity index (χ4n) is 2.28. The van der Waals surface area contributed by atoms with Crippen molar-refractivity contribution in [3.05, 3.63) is 29.6 Å². The number of aromatic nitrogens is 1. The number of primary amides is 1. The van der Waals surface area contributed by atoms with Crippen LogP contribution in [0.15, 0.2) is 18.3 Å². The molecule has 1 aliphatic rings. The van der Waals surface area contributed by atoms with Crippen molar-refractivity contribution in [1.82, 2.24) is 9.88 Å². The van der Waals surface area contributed by atoms with Gasteiger partial charge < -0.3 is 5.73 Å². The molecule has 1 amide bonds. The first-order valence-electron chi connectivity index (χ1n) is 6.06. The van der Waals surface area contributed by atoms with Crippen molar-refractivity contribution < 1.29 is 4.79 Å². The van der Waals surface area contributed by atoms with E-state index >= 15 is 0 Å². The average Bonchev–Trinajstić information content (AvgIpc) is 2.40. The number of pyridine rings is 1. The number of carbonyl (C=O) groups is 1. The lowest BCUT2D eigenvalue weighted by Gasteiger charge is -2.30. The van der Waals surface area contributed by atoms with Gasteiger partial charge in [-0.05, 0) is 32.0 Å². The maximum absolute atomic E-state index is 11.1. The molecule has 5 heteroatoms. The summed E-state index contributed by atoms with van der Waals surface area (Å²) in [7, 11) is 0. The maximum Gasteiger partial charge on any atom is 0.220 e. The van der Waals surface area contributed by atoms with Gasteiger partial charge in [0, 0.05) is 24.2 Å². The van der Waals surface area contributed by atoms with Crippen molar-refractivity contribution in [2.24, 2.45) is 11.7 Å². The van der Waals surface area contributed by atoms with E-state index in [1.165, 1.54) is 0 Å². The van der Waals surface area contributed by atoms with Crippen LogP contribution in [-0.2, 0) is 11.3 Å². The molecule has 0 bridgehead atoms. The first kappa shape index (κ1) is 12.5. The van der Waals surface area contributed by atoms with Crippen LogP contribution in [0.25, 0.3) is 0 Å². The number of piperidine rings is 1. The van der Waals surface area contributed by atoms with Gasteiger partial charge >= 0.3 is 0 Å². The van der Waals surface area contributed by atoms with Gasteiger partial charge in [-0.3, -0.25) is 9.69 Å². The number of nitrogens with zero attached hydrogens (tertiary/aromatic N) is 3. The average molecular weight is 244 g/mol. The predicted molar refractivity (Wildman–Crippen MR) is 66.1 cm³/mol. The second kappa shape index (κ2) is 5.61. The van der Waals surface area contributed by atoms with Gasteiger partial charge in [0.1, 0.15) is 11.8 Å². The third kappa shape index (κ3) is 2.84. The molecule has 2 heterocycles. The van der Waals surface area contributed by atoms with Crippen molar-refractivity contribution >= 4 is 5.91 Å². The Bertz CT molecular complexity index is 472. The van der Waals surface area contributed by atoms with E-state index in [0.717, 1.165) is 31.5 Å². The van der Waals surface area contributed by atoms with E-state index in [2.05, 4.69) is 16.0 Å². The van der Waals surface area contributed by atoms with E-state index in [9.17, 15) is 4.79 Å². The first-order chi connectivity index (χ1) is 8.70. The van der Waals surface area contributed by atoms with Gasteiger partial charge in [-0.25, -0.2) is 4.98 Å². The van der Waals surface area contributed by atoms with Crippen molar-refractivity contribution in [3.63, 3.8) is 0 Å². The molecule has 1 aromatic rings. The minimum Gasteiger partial charge on any atom is -0.369 e. The summed E-state index contributed by atoms with van der Waals surface area (Å²) in [6, 6.07) is 5.86. The number of nitrogens with two attached hydrogens (primary N) is 1. The summed E-state index contributed by atoms with van der Waals surface area (Å²) in [6.45, 7) is 2.39. The number of rotatable bonds is 3. The van der Waals surface area contributed by atoms with E-state index in [-0.39, 0.29) is 11.8 Å². The Morgan fingerprint density at radius 3 is 2.89 bits per heavy atom. The molecule has 0 unspecified atom stereocenters. The van der Waals surface area contributed by atoms with Gasteiger partial charge in [-0.2, -0.15) is 5.26 Å². The molecule has 2 rings (SSSR count). The molecular weight excluding hydrogens is 228 g/mol. The van der Waals surface area contributed by atoms with Gasteiger partial charge in [0.25, 0.3) is 0 Å². The molecule has 1 fully saturated rings. The van der Waals surface area contributed by atoms with Crippen LogP contribution in [0, 0.1) is 17.2 Å². The fraction of sp³-hybridized carbons (Fsp3) is 0.462. The third-order valence-corrected chi connectivity index (χ3v) is 3.38. The fourth-order valence-corrected chi connectivity index (χ4v) is 2.28. The zero-order valence-electron chi connectivity index (χ0n) is 10.2. The van der Waals surface area contributed by atoms with E-state index in [0.29, 0.717) is 12.2 Å². The van der Waals surface area contributed by atoms with Crippen molar-refractivity contribution in [2.45, 2.75) is 19.4 Å². The molecule has 94 valence electrons. The van der Waals surface area contributed by atoms with Crippen LogP contribution in [0.2, 0.25) is 0 Å². The van der Waals surface area contributed by atoms with Gasteiger partial charge in [-0.1, -0.05) is 6.07 Å². The maximum atomic E-state index is 11.1. The van der Waals surface area contributed by atoms with Crippen molar-refractivity contribution in [2.75, 3.05) is 13.1 Å². The molecule has 0 aromatic carbocycles. The van der Waals surface area contributed by atoms with Crippen LogP contribution in [0.3, 0.4) is 0 Å². The molecule has 0 saturated carbocycles. The van der Waals surface area contributed by atoms with Crippen LogP contribution in [-0.4, -0.2) is 28.9 Å². The van der Waals surface area contributed by atoms with Crippen LogP contribution in [0.4, 0.5) is 0 Å². The molecule has 0 radical (unpaired) electrons. The van der Waals surface area contributed by atoms with E-state index in [4.69, 9.17) is 11.0 Å². The summed E-state index contributed by atoms with van der Waals surface area (Å²) in [5.41, 5.74) is 6.72.